The molecule has 9 heteroatoms. The van der Waals surface area contributed by atoms with Crippen LogP contribution in [0.4, 0.5) is 20.3 Å². The fourth-order valence-corrected chi connectivity index (χ4v) is 4.98. The first kappa shape index (κ1) is 19.6. The van der Waals surface area contributed by atoms with E-state index in [-0.39, 0.29) is 29.2 Å². The second-order valence-corrected chi connectivity index (χ2v) is 9.20. The van der Waals surface area contributed by atoms with Crippen molar-refractivity contribution in [3.05, 3.63) is 16.8 Å². The highest BCUT2D eigenvalue weighted by Crippen LogP contribution is 2.55. The quantitative estimate of drug-likeness (QED) is 0.770. The number of hydrogen-bond donors (Lipinski definition) is 2. The van der Waals surface area contributed by atoms with E-state index < -0.39 is 29.2 Å². The van der Waals surface area contributed by atoms with Crippen LogP contribution in [0.3, 0.4) is 0 Å². The summed E-state index contributed by atoms with van der Waals surface area (Å²) in [6.45, 7) is 5.97. The highest BCUT2D eigenvalue weighted by atomic mass is 35.5. The van der Waals surface area contributed by atoms with E-state index >= 15 is 0 Å². The number of aliphatic hydroxyl groups is 1. The third-order valence-electron chi connectivity index (χ3n) is 6.61. The molecule has 6 nitrogen and oxygen atoms in total. The number of aliphatic hydroxyl groups excluding tert-OH is 1. The Hall–Kier alpha value is -1.67. The first-order chi connectivity index (χ1) is 12.9. The molecule has 3 fully saturated rings. The van der Waals surface area contributed by atoms with E-state index in [9.17, 15) is 18.7 Å². The molecule has 0 bridgehead atoms. The molecule has 0 radical (unpaired) electrons. The van der Waals surface area contributed by atoms with Gasteiger partial charge in [0.1, 0.15) is 11.5 Å². The first-order valence-electron chi connectivity index (χ1n) is 9.42. The number of carboxylic acids is 1. The Kier molecular flexibility index (Phi) is 4.32. The molecule has 2 saturated heterocycles. The third kappa shape index (κ3) is 3.01. The van der Waals surface area contributed by atoms with Gasteiger partial charge in [0, 0.05) is 39.0 Å². The molecule has 4 rings (SSSR count). The van der Waals surface area contributed by atoms with E-state index in [1.54, 1.807) is 11.0 Å². The SMILES string of the molecule is CC(F)(F)c1nc(N2C[C@@H](O)C2(C)C)cc(N2C[C@@H]3[C@@H](CC(=O)O)[C@@H]3C2)c1Cl. The van der Waals surface area contributed by atoms with Crippen LogP contribution in [-0.2, 0) is 10.7 Å². The van der Waals surface area contributed by atoms with E-state index in [0.717, 1.165) is 6.92 Å². The molecule has 154 valence electrons. The average molecular weight is 416 g/mol. The molecular formula is C19H24ClF2N3O3. The number of carbonyl (C=O) groups is 1. The highest BCUT2D eigenvalue weighted by Gasteiger charge is 2.56. The van der Waals surface area contributed by atoms with Crippen LogP contribution >= 0.6 is 11.6 Å². The maximum atomic E-state index is 14.2. The first-order valence-corrected chi connectivity index (χ1v) is 9.80. The number of piperidine rings is 1. The lowest BCUT2D eigenvalue weighted by Crippen LogP contribution is -2.68. The van der Waals surface area contributed by atoms with Gasteiger partial charge >= 0.3 is 5.97 Å². The van der Waals surface area contributed by atoms with Gasteiger partial charge in [-0.25, -0.2) is 4.98 Å². The Balaban J connectivity index is 1.65. The molecule has 0 amide bonds. The molecule has 0 spiro atoms. The van der Waals surface area contributed by atoms with E-state index in [1.165, 1.54) is 0 Å². The van der Waals surface area contributed by atoms with Gasteiger partial charge in [-0.3, -0.25) is 4.79 Å². The highest BCUT2D eigenvalue weighted by molar-refractivity contribution is 6.34. The second kappa shape index (κ2) is 6.16. The van der Waals surface area contributed by atoms with Crippen molar-refractivity contribution in [2.24, 2.45) is 17.8 Å². The van der Waals surface area contributed by atoms with Crippen molar-refractivity contribution in [2.45, 2.75) is 44.8 Å². The van der Waals surface area contributed by atoms with Gasteiger partial charge in [-0.15, -0.1) is 0 Å². The Bertz CT molecular complexity index is 817. The summed E-state index contributed by atoms with van der Waals surface area (Å²) in [6, 6.07) is 1.71. The number of halogens is 3. The smallest absolute Gasteiger partial charge is 0.303 e. The summed E-state index contributed by atoms with van der Waals surface area (Å²) >= 11 is 6.35. The van der Waals surface area contributed by atoms with Crippen molar-refractivity contribution < 1.29 is 23.8 Å². The summed E-state index contributed by atoms with van der Waals surface area (Å²) in [4.78, 5) is 18.8. The predicted molar refractivity (Wildman–Crippen MR) is 101 cm³/mol. The number of alkyl halides is 2. The Morgan fingerprint density at radius 3 is 2.43 bits per heavy atom. The minimum atomic E-state index is -3.20. The van der Waals surface area contributed by atoms with Crippen molar-refractivity contribution in [2.75, 3.05) is 29.4 Å². The molecule has 28 heavy (non-hydrogen) atoms. The van der Waals surface area contributed by atoms with Gasteiger partial charge < -0.3 is 20.0 Å². The molecule has 2 N–H and O–H groups in total. The molecule has 1 aromatic heterocycles. The van der Waals surface area contributed by atoms with Crippen molar-refractivity contribution >= 4 is 29.1 Å². The lowest BCUT2D eigenvalue weighted by Gasteiger charge is -2.53. The number of carboxylic acid groups (broad SMARTS) is 1. The molecule has 2 aliphatic heterocycles. The maximum absolute atomic E-state index is 14.2. The maximum Gasteiger partial charge on any atom is 0.303 e. The summed E-state index contributed by atoms with van der Waals surface area (Å²) in [6.07, 6.45) is -0.411. The van der Waals surface area contributed by atoms with Crippen LogP contribution in [0.15, 0.2) is 6.07 Å². The number of rotatable bonds is 5. The molecule has 1 aliphatic carbocycles. The Labute approximate surface area is 167 Å². The molecule has 0 aromatic carbocycles. The minimum Gasteiger partial charge on any atom is -0.481 e. The fourth-order valence-electron chi connectivity index (χ4n) is 4.60. The van der Waals surface area contributed by atoms with E-state index in [0.29, 0.717) is 31.1 Å². The predicted octanol–water partition coefficient (Wildman–Crippen LogP) is 2.96. The van der Waals surface area contributed by atoms with E-state index in [1.807, 2.05) is 18.7 Å². The van der Waals surface area contributed by atoms with Crippen LogP contribution in [0, 0.1) is 17.8 Å². The van der Waals surface area contributed by atoms with Crippen LogP contribution in [0.1, 0.15) is 32.9 Å². The molecule has 1 aromatic rings. The van der Waals surface area contributed by atoms with Crippen LogP contribution < -0.4 is 9.80 Å². The number of pyridine rings is 1. The van der Waals surface area contributed by atoms with Crippen LogP contribution in [-0.4, -0.2) is 52.4 Å². The normalized spacial score (nSPS) is 30.8. The monoisotopic (exact) mass is 415 g/mol. The van der Waals surface area contributed by atoms with Crippen molar-refractivity contribution in [3.8, 4) is 0 Å². The number of hydrogen-bond acceptors (Lipinski definition) is 5. The van der Waals surface area contributed by atoms with Gasteiger partial charge in [0.05, 0.1) is 22.4 Å². The number of aromatic nitrogens is 1. The summed E-state index contributed by atoms with van der Waals surface area (Å²) in [5.74, 6) is -2.96. The van der Waals surface area contributed by atoms with Crippen LogP contribution in [0.5, 0.6) is 0 Å². The summed E-state index contributed by atoms with van der Waals surface area (Å²) < 4.78 is 28.4. The number of aliphatic carboxylic acids is 1. The topological polar surface area (TPSA) is 76.9 Å². The van der Waals surface area contributed by atoms with Gasteiger partial charge in [-0.1, -0.05) is 11.6 Å². The number of fused-ring (bicyclic) bond motifs is 1. The molecule has 4 atom stereocenters. The molecule has 0 unspecified atom stereocenters. The Morgan fingerprint density at radius 2 is 1.96 bits per heavy atom. The zero-order valence-electron chi connectivity index (χ0n) is 16.0. The molecule has 1 saturated carbocycles. The largest absolute Gasteiger partial charge is 0.481 e. The zero-order chi connectivity index (χ0) is 20.6. The van der Waals surface area contributed by atoms with Crippen molar-refractivity contribution in [1.82, 2.24) is 4.98 Å². The van der Waals surface area contributed by atoms with Crippen molar-refractivity contribution in [1.29, 1.82) is 0 Å². The standard InChI is InChI=1S/C19H24ClF2N3O3/c1-18(2)13(26)8-25(18)14-5-12(16(20)17(23-14)19(3,21)22)24-6-10-9(4-15(27)28)11(10)7-24/h5,9-11,13,26H,4,6-8H2,1-3H3,(H,27,28)/t9-,10-,11+,13-/m1/s1. The van der Waals surface area contributed by atoms with E-state index in [4.69, 9.17) is 16.7 Å². The lowest BCUT2D eigenvalue weighted by atomic mass is 9.85. The van der Waals surface area contributed by atoms with Crippen LogP contribution in [0.25, 0.3) is 0 Å². The third-order valence-corrected chi connectivity index (χ3v) is 6.98. The van der Waals surface area contributed by atoms with Gasteiger partial charge in [-0.2, -0.15) is 8.78 Å². The Morgan fingerprint density at radius 1 is 1.36 bits per heavy atom. The van der Waals surface area contributed by atoms with Gasteiger partial charge in [0.25, 0.3) is 5.92 Å². The molecule has 3 aliphatic rings. The molecular weight excluding hydrogens is 392 g/mol. The average Bonchev–Trinajstić information content (AvgIpc) is 3.02. The van der Waals surface area contributed by atoms with Crippen LogP contribution in [0.2, 0.25) is 5.02 Å². The number of anilines is 2. The van der Waals surface area contributed by atoms with Gasteiger partial charge in [0.15, 0.2) is 0 Å². The number of β-amino-alcohol motifs (C(OH)–C–C–N with tert-alkyl or cyclic N) is 1. The summed E-state index contributed by atoms with van der Waals surface area (Å²) in [5, 5.41) is 18.9. The molecule has 3 heterocycles. The van der Waals surface area contributed by atoms with Crippen molar-refractivity contribution in [3.63, 3.8) is 0 Å². The minimum absolute atomic E-state index is 0.0637. The fraction of sp³-hybridized carbons (Fsp3) is 0.684. The lowest BCUT2D eigenvalue weighted by molar-refractivity contribution is -0.137. The summed E-state index contributed by atoms with van der Waals surface area (Å²) in [7, 11) is 0. The zero-order valence-corrected chi connectivity index (χ0v) is 16.7. The second-order valence-electron chi connectivity index (χ2n) is 8.83. The van der Waals surface area contributed by atoms with Gasteiger partial charge in [0.2, 0.25) is 0 Å². The van der Waals surface area contributed by atoms with E-state index in [2.05, 4.69) is 4.98 Å². The summed E-state index contributed by atoms with van der Waals surface area (Å²) in [5.41, 5.74) is -0.568. The van der Waals surface area contributed by atoms with Gasteiger partial charge in [-0.05, 0) is 31.6 Å². The number of nitrogens with zero attached hydrogens (tertiary/aromatic N) is 3.